The highest BCUT2D eigenvalue weighted by Gasteiger charge is 2.24. The number of nitrogens with zero attached hydrogens (tertiary/aromatic N) is 1. The molecule has 0 bridgehead atoms. The van der Waals surface area contributed by atoms with Crippen LogP contribution < -0.4 is 5.32 Å². The molecule has 1 aromatic carbocycles. The van der Waals surface area contributed by atoms with E-state index in [-0.39, 0.29) is 6.42 Å². The molecule has 0 radical (unpaired) electrons. The first-order valence-corrected chi connectivity index (χ1v) is 6.33. The van der Waals surface area contributed by atoms with Gasteiger partial charge in [-0.3, -0.25) is 9.59 Å². The third kappa shape index (κ3) is 4.23. The minimum atomic E-state index is -1.26. The van der Waals surface area contributed by atoms with Gasteiger partial charge >= 0.3 is 0 Å². The molecule has 1 N–H and O–H groups in total. The Labute approximate surface area is 121 Å². The summed E-state index contributed by atoms with van der Waals surface area (Å²) in [7, 11) is 1.39. The number of carbonyl (C=O) groups excluding carboxylic acids is 2. The molecule has 1 rings (SSSR count). The van der Waals surface area contributed by atoms with Gasteiger partial charge < -0.3 is 5.32 Å². The molecule has 0 aliphatic carbocycles. The summed E-state index contributed by atoms with van der Waals surface area (Å²) in [5, 5.41) is 11.9. The largest absolute Gasteiger partial charge is 0.358 e. The molecule has 0 saturated carbocycles. The second-order valence-electron chi connectivity index (χ2n) is 3.89. The normalized spacial score (nSPS) is 11.5. The van der Waals surface area contributed by atoms with E-state index in [9.17, 15) is 9.59 Å². The molecule has 0 saturated heterocycles. The van der Waals surface area contributed by atoms with Gasteiger partial charge in [-0.05, 0) is 24.1 Å². The molecule has 1 amide bonds. The monoisotopic (exact) mass is 298 g/mol. The second-order valence-corrected chi connectivity index (χ2v) is 4.71. The highest BCUT2D eigenvalue weighted by molar-refractivity contribution is 6.42. The molecule has 0 fully saturated rings. The molecule has 4 nitrogen and oxygen atoms in total. The van der Waals surface area contributed by atoms with Crippen molar-refractivity contribution in [1.82, 2.24) is 5.32 Å². The van der Waals surface area contributed by atoms with E-state index in [4.69, 9.17) is 28.5 Å². The maximum absolute atomic E-state index is 11.8. The van der Waals surface area contributed by atoms with Crippen molar-refractivity contribution >= 4 is 34.9 Å². The van der Waals surface area contributed by atoms with Crippen LogP contribution in [0.2, 0.25) is 10.0 Å². The summed E-state index contributed by atoms with van der Waals surface area (Å²) in [6.45, 7) is 0. The number of hydrogen-bond donors (Lipinski definition) is 1. The standard InChI is InChI=1S/C13H12Cl2N2O2/c1-17-13(19)9(7-16)12(18)5-3-8-2-4-10(14)11(15)6-8/h2,4,6,9H,3,5H2,1H3,(H,17,19). The zero-order valence-electron chi connectivity index (χ0n) is 10.2. The number of hydrogen-bond acceptors (Lipinski definition) is 3. The van der Waals surface area contributed by atoms with E-state index >= 15 is 0 Å². The summed E-state index contributed by atoms with van der Waals surface area (Å²) in [4.78, 5) is 23.1. The first-order valence-electron chi connectivity index (χ1n) is 5.57. The quantitative estimate of drug-likeness (QED) is 0.849. The summed E-state index contributed by atoms with van der Waals surface area (Å²) in [5.74, 6) is -2.25. The van der Waals surface area contributed by atoms with Crippen LogP contribution in [0.25, 0.3) is 0 Å². The van der Waals surface area contributed by atoms with E-state index in [0.717, 1.165) is 5.56 Å². The third-order valence-corrected chi connectivity index (χ3v) is 3.34. The van der Waals surface area contributed by atoms with E-state index in [2.05, 4.69) is 5.32 Å². The lowest BCUT2D eigenvalue weighted by Gasteiger charge is -2.07. The number of benzene rings is 1. The van der Waals surface area contributed by atoms with Crippen molar-refractivity contribution in [2.24, 2.45) is 5.92 Å². The lowest BCUT2D eigenvalue weighted by atomic mass is 9.98. The fourth-order valence-corrected chi connectivity index (χ4v) is 1.85. The van der Waals surface area contributed by atoms with Crippen LogP contribution >= 0.6 is 23.2 Å². The lowest BCUT2D eigenvalue weighted by Crippen LogP contribution is -2.32. The van der Waals surface area contributed by atoms with Crippen molar-refractivity contribution < 1.29 is 9.59 Å². The van der Waals surface area contributed by atoms with Crippen LogP contribution in [-0.4, -0.2) is 18.7 Å². The number of rotatable bonds is 5. The van der Waals surface area contributed by atoms with Crippen LogP contribution in [0.4, 0.5) is 0 Å². The van der Waals surface area contributed by atoms with Gasteiger partial charge in [-0.2, -0.15) is 5.26 Å². The Bertz CT molecular complexity index is 538. The molecule has 100 valence electrons. The summed E-state index contributed by atoms with van der Waals surface area (Å²) in [6, 6.07) is 6.76. The summed E-state index contributed by atoms with van der Waals surface area (Å²) in [6.07, 6.45) is 0.508. The van der Waals surface area contributed by atoms with Crippen LogP contribution in [0, 0.1) is 17.2 Å². The fraction of sp³-hybridized carbons (Fsp3) is 0.308. The van der Waals surface area contributed by atoms with Gasteiger partial charge in [0.15, 0.2) is 11.7 Å². The average molecular weight is 299 g/mol. The van der Waals surface area contributed by atoms with E-state index in [1.165, 1.54) is 7.05 Å². The van der Waals surface area contributed by atoms with Crippen molar-refractivity contribution in [3.8, 4) is 6.07 Å². The summed E-state index contributed by atoms with van der Waals surface area (Å²) < 4.78 is 0. The Morgan fingerprint density at radius 3 is 2.58 bits per heavy atom. The highest BCUT2D eigenvalue weighted by atomic mass is 35.5. The number of amides is 1. The number of Topliss-reactive ketones (excluding diaryl/α,β-unsaturated/α-hetero) is 1. The number of nitriles is 1. The predicted molar refractivity (Wildman–Crippen MR) is 73.0 cm³/mol. The Morgan fingerprint density at radius 1 is 1.37 bits per heavy atom. The van der Waals surface area contributed by atoms with Crippen molar-refractivity contribution in [2.45, 2.75) is 12.8 Å². The van der Waals surface area contributed by atoms with Crippen molar-refractivity contribution in [2.75, 3.05) is 7.05 Å². The van der Waals surface area contributed by atoms with Crippen molar-refractivity contribution in [3.05, 3.63) is 33.8 Å². The van der Waals surface area contributed by atoms with Gasteiger partial charge in [0.25, 0.3) is 0 Å². The topological polar surface area (TPSA) is 70.0 Å². The molecule has 0 aliphatic heterocycles. The molecule has 1 aromatic rings. The highest BCUT2D eigenvalue weighted by Crippen LogP contribution is 2.23. The first-order chi connectivity index (χ1) is 8.99. The van der Waals surface area contributed by atoms with Gasteiger partial charge in [-0.25, -0.2) is 0 Å². The molecule has 0 heterocycles. The van der Waals surface area contributed by atoms with Gasteiger partial charge in [0.05, 0.1) is 16.1 Å². The molecule has 1 atom stereocenters. The van der Waals surface area contributed by atoms with Crippen molar-refractivity contribution in [1.29, 1.82) is 5.26 Å². The first kappa shape index (κ1) is 15.5. The third-order valence-electron chi connectivity index (χ3n) is 2.60. The zero-order chi connectivity index (χ0) is 14.4. The number of carbonyl (C=O) groups is 2. The predicted octanol–water partition coefficient (Wildman–Crippen LogP) is 2.38. The lowest BCUT2D eigenvalue weighted by molar-refractivity contribution is -0.131. The Morgan fingerprint density at radius 2 is 2.05 bits per heavy atom. The zero-order valence-corrected chi connectivity index (χ0v) is 11.8. The maximum atomic E-state index is 11.8. The fourth-order valence-electron chi connectivity index (χ4n) is 1.53. The molecular formula is C13H12Cl2N2O2. The summed E-state index contributed by atoms with van der Waals surface area (Å²) in [5.41, 5.74) is 0.830. The van der Waals surface area contributed by atoms with Gasteiger partial charge in [0.2, 0.25) is 5.91 Å². The Hall–Kier alpha value is -1.57. The van der Waals surface area contributed by atoms with Crippen LogP contribution in [0.3, 0.4) is 0 Å². The van der Waals surface area contributed by atoms with E-state index in [0.29, 0.717) is 16.5 Å². The summed E-state index contributed by atoms with van der Waals surface area (Å²) >= 11 is 11.6. The number of halogens is 2. The molecule has 19 heavy (non-hydrogen) atoms. The minimum Gasteiger partial charge on any atom is -0.358 e. The number of aryl methyl sites for hydroxylation is 1. The molecule has 6 heteroatoms. The van der Waals surface area contributed by atoms with Crippen molar-refractivity contribution in [3.63, 3.8) is 0 Å². The van der Waals surface area contributed by atoms with Crippen LogP contribution in [-0.2, 0) is 16.0 Å². The van der Waals surface area contributed by atoms with Crippen LogP contribution in [0.1, 0.15) is 12.0 Å². The molecule has 0 aromatic heterocycles. The van der Waals surface area contributed by atoms with Gasteiger partial charge in [-0.15, -0.1) is 0 Å². The van der Waals surface area contributed by atoms with Gasteiger partial charge in [0.1, 0.15) is 0 Å². The second kappa shape index (κ2) is 7.13. The smallest absolute Gasteiger partial charge is 0.244 e. The van der Waals surface area contributed by atoms with E-state index < -0.39 is 17.6 Å². The average Bonchev–Trinajstić information content (AvgIpc) is 2.40. The van der Waals surface area contributed by atoms with Gasteiger partial charge in [0, 0.05) is 13.5 Å². The number of nitrogens with one attached hydrogen (secondary N) is 1. The molecule has 0 aliphatic rings. The van der Waals surface area contributed by atoms with E-state index in [1.807, 2.05) is 0 Å². The molecule has 1 unspecified atom stereocenters. The minimum absolute atomic E-state index is 0.101. The van der Waals surface area contributed by atoms with Gasteiger partial charge in [-0.1, -0.05) is 29.3 Å². The Balaban J connectivity index is 2.66. The molecular weight excluding hydrogens is 287 g/mol. The van der Waals surface area contributed by atoms with Crippen LogP contribution in [0.5, 0.6) is 0 Å². The SMILES string of the molecule is CNC(=O)C(C#N)C(=O)CCc1ccc(Cl)c(Cl)c1. The van der Waals surface area contributed by atoms with Crippen LogP contribution in [0.15, 0.2) is 18.2 Å². The van der Waals surface area contributed by atoms with E-state index in [1.54, 1.807) is 24.3 Å². The maximum Gasteiger partial charge on any atom is 0.244 e. The Kier molecular flexibility index (Phi) is 5.81. The molecule has 0 spiro atoms. The number of ketones is 1.